The number of nitrogens with two attached hydrogens (primary N) is 1. The van der Waals surface area contributed by atoms with E-state index < -0.39 is 39.2 Å². The SMILES string of the molecule is CCCCCCCCCCCCCCCCCCC(COC[C@@H](O)COP(=O)(O)OC[C@H](N)C(=O)O)OC. The third-order valence-electron chi connectivity index (χ3n) is 6.49. The van der Waals surface area contributed by atoms with Gasteiger partial charge in [0.05, 0.1) is 32.5 Å². The summed E-state index contributed by atoms with van der Waals surface area (Å²) >= 11 is 0. The molecule has 2 unspecified atom stereocenters. The highest BCUT2D eigenvalue weighted by Crippen LogP contribution is 2.43. The Morgan fingerprint density at radius 2 is 1.21 bits per heavy atom. The van der Waals surface area contributed by atoms with Crippen molar-refractivity contribution in [1.82, 2.24) is 0 Å². The van der Waals surface area contributed by atoms with Crippen LogP contribution in [0, 0.1) is 0 Å². The Balaban J connectivity index is 3.62. The number of phosphoric acid groups is 1. The molecule has 0 aromatic carbocycles. The van der Waals surface area contributed by atoms with Gasteiger partial charge in [-0.05, 0) is 6.42 Å². The molecule has 0 saturated carbocycles. The van der Waals surface area contributed by atoms with Crippen molar-refractivity contribution in [3.63, 3.8) is 0 Å². The van der Waals surface area contributed by atoms with Gasteiger partial charge in [-0.25, -0.2) is 4.57 Å². The molecule has 0 aliphatic rings. The molecule has 5 N–H and O–H groups in total. The van der Waals surface area contributed by atoms with Gasteiger partial charge < -0.3 is 30.3 Å². The molecule has 0 radical (unpaired) electrons. The van der Waals surface area contributed by atoms with E-state index in [0.29, 0.717) is 6.61 Å². The summed E-state index contributed by atoms with van der Waals surface area (Å²) in [5, 5.41) is 18.5. The Hall–Kier alpha value is -0.580. The lowest BCUT2D eigenvalue weighted by molar-refractivity contribution is -0.139. The largest absolute Gasteiger partial charge is 0.480 e. The summed E-state index contributed by atoms with van der Waals surface area (Å²) in [5.41, 5.74) is 5.20. The minimum atomic E-state index is -4.52. The highest BCUT2D eigenvalue weighted by Gasteiger charge is 2.25. The van der Waals surface area contributed by atoms with Crippen LogP contribution >= 0.6 is 7.82 Å². The number of aliphatic carboxylic acids is 1. The van der Waals surface area contributed by atoms with Crippen LogP contribution in [0.1, 0.15) is 116 Å². The highest BCUT2D eigenvalue weighted by molar-refractivity contribution is 7.47. The minimum absolute atomic E-state index is 0.0838. The molecule has 4 atom stereocenters. The van der Waals surface area contributed by atoms with Crippen molar-refractivity contribution >= 4 is 13.8 Å². The molecule has 11 heteroatoms. The Kier molecular flexibility index (Phi) is 25.0. The topological polar surface area (TPSA) is 158 Å². The standard InChI is InChI=1S/C27H56NO9P/c1-3-4-5-6-7-8-9-10-11-12-13-14-15-16-17-18-19-25(34-2)22-35-20-24(29)21-36-38(32,33)37-23-26(28)27(30)31/h24-26,29H,3-23,28H2,1-2H3,(H,30,31)(H,32,33)/t24-,25?,26+/m1/s1. The summed E-state index contributed by atoms with van der Waals surface area (Å²) in [4.78, 5) is 20.1. The van der Waals surface area contributed by atoms with Gasteiger partial charge >= 0.3 is 13.8 Å². The normalized spacial score (nSPS) is 15.7. The monoisotopic (exact) mass is 569 g/mol. The Bertz CT molecular complexity index is 597. The average molecular weight is 570 g/mol. The van der Waals surface area contributed by atoms with E-state index in [1.807, 2.05) is 0 Å². The lowest BCUT2D eigenvalue weighted by Gasteiger charge is -2.18. The van der Waals surface area contributed by atoms with Gasteiger partial charge in [-0.15, -0.1) is 0 Å². The maximum Gasteiger partial charge on any atom is 0.472 e. The maximum absolute atomic E-state index is 11.7. The van der Waals surface area contributed by atoms with Crippen LogP contribution in [-0.4, -0.2) is 72.9 Å². The molecule has 0 bridgehead atoms. The van der Waals surface area contributed by atoms with Gasteiger partial charge in [-0.2, -0.15) is 0 Å². The predicted octanol–water partition coefficient (Wildman–Crippen LogP) is 5.58. The summed E-state index contributed by atoms with van der Waals surface area (Å²) in [7, 11) is -2.90. The molecule has 0 heterocycles. The summed E-state index contributed by atoms with van der Waals surface area (Å²) in [6.45, 7) is 1.26. The Morgan fingerprint density at radius 3 is 1.66 bits per heavy atom. The molecule has 0 fully saturated rings. The molecule has 0 spiro atoms. The fourth-order valence-corrected chi connectivity index (χ4v) is 4.82. The van der Waals surface area contributed by atoms with Crippen molar-refractivity contribution < 1.29 is 43.0 Å². The van der Waals surface area contributed by atoms with E-state index in [9.17, 15) is 19.4 Å². The van der Waals surface area contributed by atoms with Crippen LogP contribution in [0.25, 0.3) is 0 Å². The number of carboxylic acids is 1. The fraction of sp³-hybridized carbons (Fsp3) is 0.963. The first-order chi connectivity index (χ1) is 18.2. The van der Waals surface area contributed by atoms with Gasteiger partial charge in [-0.1, -0.05) is 110 Å². The van der Waals surface area contributed by atoms with Crippen LogP contribution < -0.4 is 5.73 Å². The first-order valence-electron chi connectivity index (χ1n) is 14.6. The Morgan fingerprint density at radius 1 is 0.763 bits per heavy atom. The van der Waals surface area contributed by atoms with E-state index in [2.05, 4.69) is 16.0 Å². The summed E-state index contributed by atoms with van der Waals surface area (Å²) in [6, 6.07) is -1.45. The van der Waals surface area contributed by atoms with Crippen LogP contribution in [-0.2, 0) is 27.9 Å². The lowest BCUT2D eigenvalue weighted by atomic mass is 10.0. The van der Waals surface area contributed by atoms with Crippen molar-refractivity contribution in [3.8, 4) is 0 Å². The van der Waals surface area contributed by atoms with Crippen LogP contribution in [0.5, 0.6) is 0 Å². The van der Waals surface area contributed by atoms with Crippen LogP contribution in [0.15, 0.2) is 0 Å². The second-order valence-corrected chi connectivity index (χ2v) is 11.6. The van der Waals surface area contributed by atoms with Gasteiger partial charge in [0.2, 0.25) is 0 Å². The second-order valence-electron chi connectivity index (χ2n) is 10.1. The molecule has 0 aliphatic carbocycles. The maximum atomic E-state index is 11.7. The summed E-state index contributed by atoms with van der Waals surface area (Å²) in [5.74, 6) is -1.37. The molecule has 10 nitrogen and oxygen atoms in total. The number of methoxy groups -OCH3 is 1. The van der Waals surface area contributed by atoms with E-state index in [1.165, 1.54) is 89.9 Å². The molecule has 0 aromatic heterocycles. The van der Waals surface area contributed by atoms with Gasteiger partial charge in [0.25, 0.3) is 0 Å². The zero-order valence-corrected chi connectivity index (χ0v) is 24.8. The van der Waals surface area contributed by atoms with E-state index in [-0.39, 0.29) is 12.7 Å². The van der Waals surface area contributed by atoms with E-state index in [4.69, 9.17) is 20.3 Å². The molecular weight excluding hydrogens is 513 g/mol. The van der Waals surface area contributed by atoms with E-state index in [0.717, 1.165) is 19.3 Å². The van der Waals surface area contributed by atoms with Gasteiger partial charge in [0.15, 0.2) is 0 Å². The van der Waals surface area contributed by atoms with Crippen molar-refractivity contribution in [2.75, 3.05) is 33.5 Å². The number of phosphoric ester groups is 1. The van der Waals surface area contributed by atoms with E-state index >= 15 is 0 Å². The molecule has 0 aliphatic heterocycles. The second kappa shape index (κ2) is 25.4. The third kappa shape index (κ3) is 24.5. The van der Waals surface area contributed by atoms with Gasteiger partial charge in [0, 0.05) is 7.11 Å². The zero-order valence-electron chi connectivity index (χ0n) is 23.9. The summed E-state index contributed by atoms with van der Waals surface area (Å²) in [6.07, 6.45) is 20.8. The number of aliphatic hydroxyl groups excluding tert-OH is 1. The number of carboxylic acid groups (broad SMARTS) is 1. The number of hydrogen-bond acceptors (Lipinski definition) is 8. The fourth-order valence-electron chi connectivity index (χ4n) is 4.04. The molecule has 0 amide bonds. The van der Waals surface area contributed by atoms with Crippen molar-refractivity contribution in [2.45, 2.75) is 134 Å². The molecule has 38 heavy (non-hydrogen) atoms. The number of aliphatic hydroxyl groups is 1. The van der Waals surface area contributed by atoms with Gasteiger partial charge in [0.1, 0.15) is 12.1 Å². The average Bonchev–Trinajstić information content (AvgIpc) is 2.89. The van der Waals surface area contributed by atoms with Crippen molar-refractivity contribution in [1.29, 1.82) is 0 Å². The Labute approximate surface area is 230 Å². The number of ether oxygens (including phenoxy) is 2. The number of rotatable bonds is 29. The van der Waals surface area contributed by atoms with Crippen molar-refractivity contribution in [2.24, 2.45) is 5.73 Å². The highest BCUT2D eigenvalue weighted by atomic mass is 31.2. The number of carbonyl (C=O) groups is 1. The first-order valence-corrected chi connectivity index (χ1v) is 16.1. The number of unbranched alkanes of at least 4 members (excludes halogenated alkanes) is 15. The third-order valence-corrected chi connectivity index (χ3v) is 7.44. The van der Waals surface area contributed by atoms with Crippen LogP contribution in [0.4, 0.5) is 0 Å². The summed E-state index contributed by atoms with van der Waals surface area (Å²) < 4.78 is 31.7. The molecule has 0 aromatic rings. The predicted molar refractivity (Wildman–Crippen MR) is 149 cm³/mol. The van der Waals surface area contributed by atoms with Crippen LogP contribution in [0.3, 0.4) is 0 Å². The molecule has 0 rings (SSSR count). The van der Waals surface area contributed by atoms with E-state index in [1.54, 1.807) is 7.11 Å². The van der Waals surface area contributed by atoms with Crippen LogP contribution in [0.2, 0.25) is 0 Å². The van der Waals surface area contributed by atoms with Crippen molar-refractivity contribution in [3.05, 3.63) is 0 Å². The molecular formula is C27H56NO9P. The number of hydrogen-bond donors (Lipinski definition) is 4. The smallest absolute Gasteiger partial charge is 0.472 e. The quantitative estimate of drug-likeness (QED) is 0.0662. The lowest BCUT2D eigenvalue weighted by Crippen LogP contribution is -2.34. The zero-order chi connectivity index (χ0) is 28.5. The molecule has 228 valence electrons. The first kappa shape index (κ1) is 37.4. The van der Waals surface area contributed by atoms with Gasteiger partial charge in [-0.3, -0.25) is 13.8 Å². The minimum Gasteiger partial charge on any atom is -0.480 e. The molecule has 0 saturated heterocycles.